The summed E-state index contributed by atoms with van der Waals surface area (Å²) in [6.45, 7) is 11.2. The van der Waals surface area contributed by atoms with Crippen molar-refractivity contribution in [1.82, 2.24) is 19.5 Å². The lowest BCUT2D eigenvalue weighted by molar-refractivity contribution is 0.225. The van der Waals surface area contributed by atoms with Gasteiger partial charge < -0.3 is 0 Å². The van der Waals surface area contributed by atoms with Crippen LogP contribution in [-0.4, -0.2) is 26.0 Å². The van der Waals surface area contributed by atoms with Crippen LogP contribution in [0, 0.1) is 12.8 Å². The minimum absolute atomic E-state index is 0.0844. The Balaban J connectivity index is 1.81. The Morgan fingerprint density at radius 1 is 1.18 bits per heavy atom. The Labute approximate surface area is 171 Å². The first-order chi connectivity index (χ1) is 13.4. The van der Waals surface area contributed by atoms with E-state index in [-0.39, 0.29) is 5.56 Å². The summed E-state index contributed by atoms with van der Waals surface area (Å²) in [5.41, 5.74) is 3.29. The van der Waals surface area contributed by atoms with Crippen LogP contribution in [0.1, 0.15) is 55.4 Å². The maximum atomic E-state index is 12.5. The molecule has 2 aromatic heterocycles. The van der Waals surface area contributed by atoms with E-state index in [1.807, 2.05) is 0 Å². The van der Waals surface area contributed by atoms with Gasteiger partial charge in [0.25, 0.3) is 5.56 Å². The van der Waals surface area contributed by atoms with E-state index < -0.39 is 0 Å². The van der Waals surface area contributed by atoms with Crippen LogP contribution in [0.25, 0.3) is 4.96 Å². The van der Waals surface area contributed by atoms with Gasteiger partial charge in [0.2, 0.25) is 4.96 Å². The molecule has 2 heterocycles. The number of nitrogens with zero attached hydrogens (tertiary/aromatic N) is 4. The van der Waals surface area contributed by atoms with E-state index >= 15 is 0 Å². The lowest BCUT2D eigenvalue weighted by atomic mass is 10.1. The first kappa shape index (κ1) is 20.7. The number of benzene rings is 1. The molecule has 0 aliphatic heterocycles. The molecule has 0 saturated carbocycles. The highest BCUT2D eigenvalue weighted by atomic mass is 32.1. The third-order valence-corrected chi connectivity index (χ3v) is 5.59. The van der Waals surface area contributed by atoms with Gasteiger partial charge in [0.1, 0.15) is 5.01 Å². The van der Waals surface area contributed by atoms with Gasteiger partial charge in [0.05, 0.1) is 5.69 Å². The van der Waals surface area contributed by atoms with Gasteiger partial charge in [-0.2, -0.15) is 9.61 Å². The second-order valence-corrected chi connectivity index (χ2v) is 8.97. The molecule has 1 aromatic carbocycles. The van der Waals surface area contributed by atoms with E-state index in [4.69, 9.17) is 4.98 Å². The van der Waals surface area contributed by atoms with Crippen LogP contribution in [-0.2, 0) is 19.5 Å². The monoisotopic (exact) mass is 398 g/mol. The van der Waals surface area contributed by atoms with E-state index in [2.05, 4.69) is 62.0 Å². The Bertz CT molecular complexity index is 959. The molecule has 150 valence electrons. The third-order valence-electron chi connectivity index (χ3n) is 4.62. The topological polar surface area (TPSA) is 50.5 Å². The first-order valence-corrected chi connectivity index (χ1v) is 10.9. The second-order valence-electron chi connectivity index (χ2n) is 7.93. The molecular weight excluding hydrogens is 368 g/mol. The fourth-order valence-corrected chi connectivity index (χ4v) is 4.25. The lowest BCUT2D eigenvalue weighted by Crippen LogP contribution is -2.28. The Hall–Kier alpha value is -2.05. The van der Waals surface area contributed by atoms with Crippen LogP contribution in [0.3, 0.4) is 0 Å². The molecule has 0 radical (unpaired) electrons. The fourth-order valence-electron chi connectivity index (χ4n) is 3.29. The SMILES string of the molecule is CCCCc1nn2c(=O)cc(CN(Cc3ccc(C)cc3)CC(C)C)nc2s1. The first-order valence-electron chi connectivity index (χ1n) is 10.1. The van der Waals surface area contributed by atoms with Gasteiger partial charge >= 0.3 is 0 Å². The summed E-state index contributed by atoms with van der Waals surface area (Å²) in [5.74, 6) is 0.541. The number of unbranched alkanes of at least 4 members (excludes halogenated alkanes) is 1. The number of rotatable bonds is 9. The maximum Gasteiger partial charge on any atom is 0.275 e. The lowest BCUT2D eigenvalue weighted by Gasteiger charge is -2.24. The number of fused-ring (bicyclic) bond motifs is 1. The van der Waals surface area contributed by atoms with Crippen LogP contribution in [0.15, 0.2) is 35.1 Å². The zero-order valence-electron chi connectivity index (χ0n) is 17.3. The van der Waals surface area contributed by atoms with Crippen molar-refractivity contribution in [2.45, 2.75) is 60.0 Å². The quantitative estimate of drug-likeness (QED) is 0.534. The van der Waals surface area contributed by atoms with Gasteiger partial charge in [-0.05, 0) is 24.8 Å². The highest BCUT2D eigenvalue weighted by molar-refractivity contribution is 7.16. The molecule has 0 N–H and O–H groups in total. The fraction of sp³-hybridized carbons (Fsp3) is 0.500. The normalized spacial score (nSPS) is 11.8. The summed E-state index contributed by atoms with van der Waals surface area (Å²) in [6, 6.07) is 10.3. The maximum absolute atomic E-state index is 12.5. The molecule has 0 aliphatic rings. The van der Waals surface area contributed by atoms with Crippen molar-refractivity contribution in [3.8, 4) is 0 Å². The molecule has 0 fully saturated rings. The molecule has 3 rings (SSSR count). The molecule has 3 aromatic rings. The molecule has 0 aliphatic carbocycles. The van der Waals surface area contributed by atoms with Crippen molar-refractivity contribution in [2.75, 3.05) is 6.54 Å². The van der Waals surface area contributed by atoms with Gasteiger partial charge in [-0.1, -0.05) is 68.4 Å². The van der Waals surface area contributed by atoms with Crippen LogP contribution in [0.4, 0.5) is 0 Å². The average molecular weight is 399 g/mol. The summed E-state index contributed by atoms with van der Waals surface area (Å²) < 4.78 is 1.45. The van der Waals surface area contributed by atoms with Gasteiger partial charge in [0.15, 0.2) is 0 Å². The third kappa shape index (κ3) is 5.49. The highest BCUT2D eigenvalue weighted by Crippen LogP contribution is 2.16. The number of hydrogen-bond acceptors (Lipinski definition) is 5. The summed E-state index contributed by atoms with van der Waals surface area (Å²) >= 11 is 1.53. The minimum atomic E-state index is -0.0844. The number of aromatic nitrogens is 3. The summed E-state index contributed by atoms with van der Waals surface area (Å²) in [6.07, 6.45) is 3.11. The van der Waals surface area contributed by atoms with E-state index in [9.17, 15) is 4.79 Å². The highest BCUT2D eigenvalue weighted by Gasteiger charge is 2.14. The largest absolute Gasteiger partial charge is 0.293 e. The molecule has 28 heavy (non-hydrogen) atoms. The van der Waals surface area contributed by atoms with Crippen LogP contribution < -0.4 is 5.56 Å². The molecule has 0 saturated heterocycles. The van der Waals surface area contributed by atoms with Crippen LogP contribution in [0.5, 0.6) is 0 Å². The Morgan fingerprint density at radius 3 is 2.61 bits per heavy atom. The van der Waals surface area contributed by atoms with Gasteiger partial charge in [-0.15, -0.1) is 0 Å². The Kier molecular flexibility index (Phi) is 6.97. The van der Waals surface area contributed by atoms with E-state index in [1.165, 1.54) is 27.0 Å². The van der Waals surface area contributed by atoms with E-state index in [1.54, 1.807) is 6.07 Å². The van der Waals surface area contributed by atoms with Gasteiger partial charge in [-0.25, -0.2) is 4.98 Å². The van der Waals surface area contributed by atoms with Crippen molar-refractivity contribution in [1.29, 1.82) is 0 Å². The van der Waals surface area contributed by atoms with Crippen molar-refractivity contribution >= 4 is 16.3 Å². The number of aryl methyl sites for hydroxylation is 2. The standard InChI is InChI=1S/C22H30N4OS/c1-5-6-7-20-24-26-21(27)12-19(23-22(26)28-20)15-25(13-16(2)3)14-18-10-8-17(4)9-11-18/h8-12,16H,5-7,13-15H2,1-4H3. The molecule has 0 amide bonds. The molecular formula is C22H30N4OS. The van der Waals surface area contributed by atoms with Gasteiger partial charge in [-0.3, -0.25) is 9.69 Å². The molecule has 6 heteroatoms. The summed E-state index contributed by atoms with van der Waals surface area (Å²) in [7, 11) is 0. The van der Waals surface area contributed by atoms with Crippen molar-refractivity contribution in [2.24, 2.45) is 5.92 Å². The smallest absolute Gasteiger partial charge is 0.275 e. The van der Waals surface area contributed by atoms with Crippen LogP contribution in [0.2, 0.25) is 0 Å². The minimum Gasteiger partial charge on any atom is -0.293 e. The zero-order valence-corrected chi connectivity index (χ0v) is 18.1. The van der Waals surface area contributed by atoms with Gasteiger partial charge in [0, 0.05) is 32.1 Å². The Morgan fingerprint density at radius 2 is 1.93 bits per heavy atom. The predicted molar refractivity (Wildman–Crippen MR) is 116 cm³/mol. The molecule has 5 nitrogen and oxygen atoms in total. The van der Waals surface area contributed by atoms with Crippen molar-refractivity contribution < 1.29 is 0 Å². The second kappa shape index (κ2) is 9.43. The van der Waals surface area contributed by atoms with Crippen molar-refractivity contribution in [3.05, 3.63) is 62.5 Å². The molecule has 0 atom stereocenters. The average Bonchev–Trinajstić information content (AvgIpc) is 3.05. The molecule has 0 bridgehead atoms. The molecule has 0 unspecified atom stereocenters. The molecule has 0 spiro atoms. The van der Waals surface area contributed by atoms with E-state index in [0.717, 1.165) is 43.1 Å². The summed E-state index contributed by atoms with van der Waals surface area (Å²) in [4.78, 5) is 20.3. The number of hydrogen-bond donors (Lipinski definition) is 0. The predicted octanol–water partition coefficient (Wildman–Crippen LogP) is 4.46. The zero-order chi connectivity index (χ0) is 20.1. The van der Waals surface area contributed by atoms with E-state index in [0.29, 0.717) is 17.4 Å². The van der Waals surface area contributed by atoms with Crippen molar-refractivity contribution in [3.63, 3.8) is 0 Å². The summed E-state index contributed by atoms with van der Waals surface area (Å²) in [5, 5.41) is 5.43. The van der Waals surface area contributed by atoms with Crippen LogP contribution >= 0.6 is 11.3 Å².